The quantitative estimate of drug-likeness (QED) is 0.418. The van der Waals surface area contributed by atoms with Crippen LogP contribution in [0.3, 0.4) is 0 Å². The van der Waals surface area contributed by atoms with Crippen LogP contribution >= 0.6 is 0 Å². The van der Waals surface area contributed by atoms with Crippen molar-refractivity contribution < 1.29 is 20.1 Å². The van der Waals surface area contributed by atoms with E-state index in [9.17, 15) is 15.3 Å². The smallest absolute Gasteiger partial charge is 0.207 e. The Kier molecular flexibility index (Phi) is 1.70. The van der Waals surface area contributed by atoms with E-state index >= 15 is 0 Å². The summed E-state index contributed by atoms with van der Waals surface area (Å²) in [6.45, 7) is 4.96. The summed E-state index contributed by atoms with van der Waals surface area (Å²) in [4.78, 5) is 0. The molecule has 2 aliphatic rings. The number of aliphatic hydroxyl groups excluding tert-OH is 1. The van der Waals surface area contributed by atoms with Gasteiger partial charge in [0.2, 0.25) is 5.79 Å². The number of hydrogen-bond acceptors (Lipinski definition) is 5. The Morgan fingerprint density at radius 3 is 2.14 bits per heavy atom. The van der Waals surface area contributed by atoms with Crippen LogP contribution in [-0.4, -0.2) is 45.0 Å². The maximum Gasteiger partial charge on any atom is 0.207 e. The molecule has 14 heavy (non-hydrogen) atoms. The molecule has 0 bridgehead atoms. The fraction of sp³-hybridized carbons (Fsp3) is 1.00. The summed E-state index contributed by atoms with van der Waals surface area (Å²) < 4.78 is 5.25. The van der Waals surface area contributed by atoms with Crippen molar-refractivity contribution in [1.29, 1.82) is 0 Å². The molecule has 1 saturated heterocycles. The molecule has 0 aromatic rings. The van der Waals surface area contributed by atoms with Crippen molar-refractivity contribution in [3.8, 4) is 0 Å². The molecule has 5 nitrogen and oxygen atoms in total. The fourth-order valence-corrected chi connectivity index (χ4v) is 2.52. The zero-order chi connectivity index (χ0) is 10.9. The van der Waals surface area contributed by atoms with E-state index in [2.05, 4.69) is 0 Å². The Morgan fingerprint density at radius 2 is 1.86 bits per heavy atom. The third kappa shape index (κ3) is 0.717. The highest BCUT2D eigenvalue weighted by Crippen LogP contribution is 2.71. The molecule has 1 heterocycles. The summed E-state index contributed by atoms with van der Waals surface area (Å²) >= 11 is 0. The van der Waals surface area contributed by atoms with Crippen LogP contribution in [0, 0.1) is 5.41 Å². The minimum absolute atomic E-state index is 0.429. The molecule has 2 rings (SSSR count). The van der Waals surface area contributed by atoms with Crippen molar-refractivity contribution in [1.82, 2.24) is 0 Å². The van der Waals surface area contributed by atoms with Crippen molar-refractivity contribution >= 4 is 0 Å². The van der Waals surface area contributed by atoms with Gasteiger partial charge in [0.1, 0.15) is 12.2 Å². The van der Waals surface area contributed by atoms with E-state index in [1.807, 2.05) is 0 Å². The van der Waals surface area contributed by atoms with Gasteiger partial charge in [-0.3, -0.25) is 0 Å². The minimum atomic E-state index is -1.66. The summed E-state index contributed by atoms with van der Waals surface area (Å²) in [5.74, 6) is -1.66. The molecule has 1 saturated carbocycles. The van der Waals surface area contributed by atoms with Crippen LogP contribution in [0.5, 0.6) is 0 Å². The van der Waals surface area contributed by atoms with Crippen molar-refractivity contribution in [3.63, 3.8) is 0 Å². The number of hydrogen-bond donors (Lipinski definition) is 4. The zero-order valence-electron chi connectivity index (χ0n) is 8.56. The molecule has 1 aliphatic carbocycles. The van der Waals surface area contributed by atoms with Crippen LogP contribution in [0.25, 0.3) is 0 Å². The predicted molar refractivity (Wildman–Crippen MR) is 48.2 cm³/mol. The highest BCUT2D eigenvalue weighted by molar-refractivity contribution is 5.35. The SMILES string of the molecule is C[C@@H](N)[C@H]1O[C@@]2(O)C(C)(C)[C@@]2(O)[C@H]1O. The normalized spacial score (nSPS) is 56.8. The second-order valence-corrected chi connectivity index (χ2v) is 4.92. The molecule has 2 fully saturated rings. The fourth-order valence-electron chi connectivity index (χ4n) is 2.52. The van der Waals surface area contributed by atoms with Gasteiger partial charge in [0, 0.05) is 6.04 Å². The molecule has 5 heteroatoms. The van der Waals surface area contributed by atoms with Gasteiger partial charge in [-0.15, -0.1) is 0 Å². The second kappa shape index (κ2) is 2.31. The van der Waals surface area contributed by atoms with Gasteiger partial charge in [0.25, 0.3) is 0 Å². The summed E-state index contributed by atoms with van der Waals surface area (Å²) in [5, 5.41) is 29.8. The molecule has 0 aromatic carbocycles. The number of nitrogens with two attached hydrogens (primary N) is 1. The molecule has 0 aromatic heterocycles. The van der Waals surface area contributed by atoms with Crippen LogP contribution < -0.4 is 5.73 Å². The van der Waals surface area contributed by atoms with Gasteiger partial charge < -0.3 is 25.8 Å². The first-order valence-electron chi connectivity index (χ1n) is 4.76. The van der Waals surface area contributed by atoms with Crippen LogP contribution in [0.2, 0.25) is 0 Å². The molecule has 0 amide bonds. The lowest BCUT2D eigenvalue weighted by Gasteiger charge is -2.27. The van der Waals surface area contributed by atoms with E-state index in [1.54, 1.807) is 20.8 Å². The molecular formula is C9H17NO4. The minimum Gasteiger partial charge on any atom is -0.387 e. The average molecular weight is 203 g/mol. The van der Waals surface area contributed by atoms with Gasteiger partial charge in [0.15, 0.2) is 5.60 Å². The van der Waals surface area contributed by atoms with Gasteiger partial charge in [-0.2, -0.15) is 0 Å². The molecule has 0 spiro atoms. The second-order valence-electron chi connectivity index (χ2n) is 4.92. The van der Waals surface area contributed by atoms with Gasteiger partial charge in [0.05, 0.1) is 5.41 Å². The van der Waals surface area contributed by atoms with E-state index in [-0.39, 0.29) is 0 Å². The summed E-state index contributed by atoms with van der Waals surface area (Å²) in [7, 11) is 0. The molecule has 5 atom stereocenters. The van der Waals surface area contributed by atoms with Gasteiger partial charge in [-0.05, 0) is 6.92 Å². The topological polar surface area (TPSA) is 95.9 Å². The molecule has 0 unspecified atom stereocenters. The van der Waals surface area contributed by atoms with E-state index in [1.165, 1.54) is 0 Å². The average Bonchev–Trinajstić information content (AvgIpc) is 2.33. The monoisotopic (exact) mass is 203 g/mol. The molecule has 82 valence electrons. The predicted octanol–water partition coefficient (Wildman–Crippen LogP) is -1.45. The maximum absolute atomic E-state index is 10.1. The van der Waals surface area contributed by atoms with Crippen molar-refractivity contribution in [2.24, 2.45) is 11.1 Å². The lowest BCUT2D eigenvalue weighted by Crippen LogP contribution is -2.47. The first-order chi connectivity index (χ1) is 6.20. The Balaban J connectivity index is 2.31. The largest absolute Gasteiger partial charge is 0.387 e. The molecule has 1 aliphatic heterocycles. The number of aliphatic hydroxyl groups is 3. The molecule has 5 N–H and O–H groups in total. The van der Waals surface area contributed by atoms with Crippen LogP contribution in [0.4, 0.5) is 0 Å². The van der Waals surface area contributed by atoms with Crippen molar-refractivity contribution in [2.45, 2.75) is 50.4 Å². The first kappa shape index (κ1) is 10.3. The van der Waals surface area contributed by atoms with Crippen LogP contribution in [0.1, 0.15) is 20.8 Å². The third-order valence-corrected chi connectivity index (χ3v) is 3.82. The zero-order valence-corrected chi connectivity index (χ0v) is 8.56. The Hall–Kier alpha value is -0.200. The summed E-state index contributed by atoms with van der Waals surface area (Å²) in [5.41, 5.74) is 3.14. The maximum atomic E-state index is 10.1. The van der Waals surface area contributed by atoms with E-state index in [0.29, 0.717) is 0 Å². The standard InChI is InChI=1S/C9H17NO4/c1-4(10)5-6(11)8(12)7(2,3)9(8,13)14-5/h4-6,11-13H,10H2,1-3H3/t4-,5-,6+,8+,9+/m1/s1. The Labute approximate surface area is 82.5 Å². The van der Waals surface area contributed by atoms with E-state index < -0.39 is 35.1 Å². The van der Waals surface area contributed by atoms with Crippen LogP contribution in [-0.2, 0) is 4.74 Å². The summed E-state index contributed by atoms with van der Waals surface area (Å²) in [6, 6.07) is -0.429. The van der Waals surface area contributed by atoms with Crippen LogP contribution in [0.15, 0.2) is 0 Å². The molecule has 0 radical (unpaired) electrons. The highest BCUT2D eigenvalue weighted by atomic mass is 16.7. The number of rotatable bonds is 1. The van der Waals surface area contributed by atoms with Gasteiger partial charge in [-0.1, -0.05) is 13.8 Å². The molecular weight excluding hydrogens is 186 g/mol. The lowest BCUT2D eigenvalue weighted by atomic mass is 9.95. The van der Waals surface area contributed by atoms with Crippen molar-refractivity contribution in [3.05, 3.63) is 0 Å². The highest BCUT2D eigenvalue weighted by Gasteiger charge is 2.92. The lowest BCUT2D eigenvalue weighted by molar-refractivity contribution is -0.175. The number of ether oxygens (including phenoxy) is 1. The van der Waals surface area contributed by atoms with Gasteiger partial charge >= 0.3 is 0 Å². The van der Waals surface area contributed by atoms with Crippen molar-refractivity contribution in [2.75, 3.05) is 0 Å². The Bertz CT molecular complexity index is 280. The van der Waals surface area contributed by atoms with E-state index in [4.69, 9.17) is 10.5 Å². The number of fused-ring (bicyclic) bond motifs is 1. The Morgan fingerprint density at radius 1 is 1.36 bits per heavy atom. The summed E-state index contributed by atoms with van der Waals surface area (Å²) in [6.07, 6.45) is -1.85. The first-order valence-corrected chi connectivity index (χ1v) is 4.76. The van der Waals surface area contributed by atoms with E-state index in [0.717, 1.165) is 0 Å². The third-order valence-electron chi connectivity index (χ3n) is 3.82. The van der Waals surface area contributed by atoms with Gasteiger partial charge in [-0.25, -0.2) is 0 Å².